The first-order chi connectivity index (χ1) is 14.3. The van der Waals surface area contributed by atoms with E-state index in [4.69, 9.17) is 16.3 Å². The number of fused-ring (bicyclic) bond motifs is 5. The molecule has 0 N–H and O–H groups in total. The van der Waals surface area contributed by atoms with Crippen LogP contribution in [0.1, 0.15) is 112 Å². The van der Waals surface area contributed by atoms with Gasteiger partial charge in [0.2, 0.25) is 0 Å². The molecule has 0 aromatic rings. The number of hydrogen-bond donors (Lipinski definition) is 0. The Hall–Kier alpha value is 0.250. The fraction of sp³-hybridized carbons (Fsp3) is 1.00. The van der Waals surface area contributed by atoms with Gasteiger partial charge in [-0.05, 0) is 110 Å². The van der Waals surface area contributed by atoms with Crippen LogP contribution in [0.25, 0.3) is 0 Å². The van der Waals surface area contributed by atoms with Gasteiger partial charge in [-0.25, -0.2) is 0 Å². The third-order valence-electron chi connectivity index (χ3n) is 11.1. The number of rotatable bonds is 7. The largest absolute Gasteiger partial charge is 0.362 e. The molecule has 4 aliphatic carbocycles. The maximum absolute atomic E-state index is 5.90. The second-order valence-electron chi connectivity index (χ2n) is 12.9. The molecule has 0 heterocycles. The lowest BCUT2D eigenvalue weighted by Crippen LogP contribution is -2.54. The van der Waals surface area contributed by atoms with Gasteiger partial charge in [0.1, 0.15) is 6.07 Å². The molecular weight excluding hydrogens is 388 g/mol. The zero-order valence-corrected chi connectivity index (χ0v) is 21.4. The summed E-state index contributed by atoms with van der Waals surface area (Å²) in [5.41, 5.74) is 1.19. The summed E-state index contributed by atoms with van der Waals surface area (Å²) in [6.07, 6.45) is 17.6. The minimum Gasteiger partial charge on any atom is -0.362 e. The zero-order chi connectivity index (χ0) is 21.5. The smallest absolute Gasteiger partial charge is 0.121 e. The summed E-state index contributed by atoms with van der Waals surface area (Å²) in [7, 11) is 0. The van der Waals surface area contributed by atoms with Gasteiger partial charge in [-0.3, -0.25) is 0 Å². The van der Waals surface area contributed by atoms with Crippen LogP contribution in [0.2, 0.25) is 0 Å². The molecule has 4 aliphatic rings. The molecule has 0 aromatic heterocycles. The Morgan fingerprint density at radius 3 is 2.33 bits per heavy atom. The van der Waals surface area contributed by atoms with Gasteiger partial charge in [0.05, 0.1) is 6.10 Å². The van der Waals surface area contributed by atoms with Gasteiger partial charge < -0.3 is 4.74 Å². The topological polar surface area (TPSA) is 9.23 Å². The molecule has 174 valence electrons. The van der Waals surface area contributed by atoms with Crippen molar-refractivity contribution in [3.05, 3.63) is 0 Å². The molecule has 0 radical (unpaired) electrons. The molecule has 4 saturated carbocycles. The van der Waals surface area contributed by atoms with Crippen LogP contribution in [0.5, 0.6) is 0 Å². The molecule has 9 atom stereocenters. The van der Waals surface area contributed by atoms with Crippen molar-refractivity contribution in [2.75, 3.05) is 6.07 Å². The number of halogens is 1. The van der Waals surface area contributed by atoms with Crippen molar-refractivity contribution in [2.45, 2.75) is 118 Å². The first-order valence-electron chi connectivity index (χ1n) is 13.5. The van der Waals surface area contributed by atoms with E-state index in [0.29, 0.717) is 23.0 Å². The minimum absolute atomic E-state index is 0.372. The lowest BCUT2D eigenvalue weighted by atomic mass is 9.44. The summed E-state index contributed by atoms with van der Waals surface area (Å²) in [6, 6.07) is 0.372. The molecule has 0 amide bonds. The van der Waals surface area contributed by atoms with Crippen LogP contribution in [0.4, 0.5) is 0 Å². The molecule has 1 nitrogen and oxygen atoms in total. The normalized spacial score (nSPS) is 46.9. The van der Waals surface area contributed by atoms with E-state index in [1.807, 2.05) is 0 Å². The van der Waals surface area contributed by atoms with Crippen molar-refractivity contribution in [1.29, 1.82) is 0 Å². The van der Waals surface area contributed by atoms with Gasteiger partial charge in [0, 0.05) is 0 Å². The van der Waals surface area contributed by atoms with Gasteiger partial charge in [0.25, 0.3) is 0 Å². The van der Waals surface area contributed by atoms with E-state index < -0.39 is 0 Å². The Balaban J connectivity index is 1.43. The van der Waals surface area contributed by atoms with Gasteiger partial charge in [-0.1, -0.05) is 65.5 Å². The minimum atomic E-state index is 0.372. The highest BCUT2D eigenvalue weighted by atomic mass is 35.5. The van der Waals surface area contributed by atoms with Crippen molar-refractivity contribution in [2.24, 2.45) is 52.3 Å². The monoisotopic (exact) mass is 436 g/mol. The Bertz CT molecular complexity index is 575. The average molecular weight is 437 g/mol. The van der Waals surface area contributed by atoms with Gasteiger partial charge >= 0.3 is 0 Å². The van der Waals surface area contributed by atoms with E-state index >= 15 is 0 Å². The van der Waals surface area contributed by atoms with E-state index in [2.05, 4.69) is 34.6 Å². The van der Waals surface area contributed by atoms with Crippen molar-refractivity contribution in [3.63, 3.8) is 0 Å². The van der Waals surface area contributed by atoms with E-state index in [-0.39, 0.29) is 0 Å². The van der Waals surface area contributed by atoms with Crippen molar-refractivity contribution in [3.8, 4) is 0 Å². The number of hydrogen-bond acceptors (Lipinski definition) is 1. The zero-order valence-electron chi connectivity index (χ0n) is 20.6. The predicted molar refractivity (Wildman–Crippen MR) is 129 cm³/mol. The Kier molecular flexibility index (Phi) is 7.21. The van der Waals surface area contributed by atoms with Crippen LogP contribution in [0.15, 0.2) is 0 Å². The van der Waals surface area contributed by atoms with Crippen molar-refractivity contribution < 1.29 is 4.74 Å². The summed E-state index contributed by atoms with van der Waals surface area (Å²) in [5, 5.41) is 0. The highest BCUT2D eigenvalue weighted by Crippen LogP contribution is 2.68. The number of ether oxygens (including phenoxy) is 1. The molecule has 4 fully saturated rings. The van der Waals surface area contributed by atoms with E-state index in [0.717, 1.165) is 41.4 Å². The van der Waals surface area contributed by atoms with Crippen LogP contribution in [-0.4, -0.2) is 12.2 Å². The molecule has 4 rings (SSSR count). The maximum Gasteiger partial charge on any atom is 0.121 e. The Labute approximate surface area is 192 Å². The van der Waals surface area contributed by atoms with Crippen LogP contribution >= 0.6 is 11.6 Å². The summed E-state index contributed by atoms with van der Waals surface area (Å²) in [4.78, 5) is 0. The average Bonchev–Trinajstić information content (AvgIpc) is 3.05. The first kappa shape index (κ1) is 23.4. The number of alkyl halides is 1. The van der Waals surface area contributed by atoms with Gasteiger partial charge in [-0.2, -0.15) is 0 Å². The molecule has 2 heteroatoms. The van der Waals surface area contributed by atoms with E-state index in [9.17, 15) is 0 Å². The first-order valence-corrected chi connectivity index (χ1v) is 14.0. The Morgan fingerprint density at radius 2 is 1.60 bits per heavy atom. The molecule has 0 bridgehead atoms. The molecule has 0 aromatic carbocycles. The van der Waals surface area contributed by atoms with Crippen LogP contribution < -0.4 is 0 Å². The fourth-order valence-corrected chi connectivity index (χ4v) is 9.66. The van der Waals surface area contributed by atoms with Crippen LogP contribution in [0, 0.1) is 52.3 Å². The molecule has 30 heavy (non-hydrogen) atoms. The van der Waals surface area contributed by atoms with Crippen molar-refractivity contribution in [1.82, 2.24) is 0 Å². The second-order valence-corrected chi connectivity index (χ2v) is 13.1. The summed E-state index contributed by atoms with van der Waals surface area (Å²) >= 11 is 5.90. The second kappa shape index (κ2) is 9.24. The molecular formula is C28H49ClO. The third kappa shape index (κ3) is 4.13. The van der Waals surface area contributed by atoms with Crippen LogP contribution in [-0.2, 0) is 4.74 Å². The van der Waals surface area contributed by atoms with Crippen molar-refractivity contribution >= 4 is 11.6 Å². The van der Waals surface area contributed by atoms with Gasteiger partial charge in [0.15, 0.2) is 0 Å². The third-order valence-corrected chi connectivity index (χ3v) is 11.2. The highest BCUT2D eigenvalue weighted by Gasteiger charge is 2.60. The summed E-state index contributed by atoms with van der Waals surface area (Å²) in [5.74, 6) is 6.62. The molecule has 0 spiro atoms. The van der Waals surface area contributed by atoms with Gasteiger partial charge in [-0.15, -0.1) is 0 Å². The Morgan fingerprint density at radius 1 is 0.867 bits per heavy atom. The molecule has 0 saturated heterocycles. The lowest BCUT2D eigenvalue weighted by Gasteiger charge is -2.61. The standard InChI is InChI=1S/C28H49ClO/c1-19(2)7-6-8-20(3)24-11-12-25-23-10-9-21-17-22(30-18-29)13-15-27(21,4)26(23)14-16-28(24,25)5/h19-26H,6-18H2,1-5H3. The summed E-state index contributed by atoms with van der Waals surface area (Å²) in [6.45, 7) is 12.8. The van der Waals surface area contributed by atoms with E-state index in [1.165, 1.54) is 77.0 Å². The molecule has 9 unspecified atom stereocenters. The van der Waals surface area contributed by atoms with Crippen LogP contribution in [0.3, 0.4) is 0 Å². The molecule has 0 aliphatic heterocycles. The quantitative estimate of drug-likeness (QED) is 0.362. The lowest BCUT2D eigenvalue weighted by molar-refractivity contribution is -0.134. The van der Waals surface area contributed by atoms with E-state index in [1.54, 1.807) is 0 Å². The fourth-order valence-electron chi connectivity index (χ4n) is 9.48. The summed E-state index contributed by atoms with van der Waals surface area (Å²) < 4.78 is 5.85. The highest BCUT2D eigenvalue weighted by molar-refractivity contribution is 6.17. The SMILES string of the molecule is CC(C)CCCC(C)C1CCC2C3CCC4CC(OCCl)CCC4(C)C3CCC12C. The maximum atomic E-state index is 5.90. The predicted octanol–water partition coefficient (Wildman–Crippen LogP) is 8.69.